The van der Waals surface area contributed by atoms with Crippen LogP contribution in [0.15, 0.2) is 23.8 Å². The second-order valence-electron chi connectivity index (χ2n) is 5.11. The standard InChI is InChI=1S/C15H20/c1-4-12-5-6-15-10-13(11(2)3)7-8-14(15)9-12/h1,9,12-13,15H,2,5-8,10H2,3H3/t12?,13-,15?/m1/s1. The molecule has 0 aromatic rings. The molecule has 80 valence electrons. The van der Waals surface area contributed by atoms with Gasteiger partial charge in [0, 0.05) is 5.92 Å². The summed E-state index contributed by atoms with van der Waals surface area (Å²) in [4.78, 5) is 0. The van der Waals surface area contributed by atoms with E-state index in [2.05, 4.69) is 25.5 Å². The highest BCUT2D eigenvalue weighted by atomic mass is 14.3. The van der Waals surface area contributed by atoms with Gasteiger partial charge in [-0.25, -0.2) is 0 Å². The van der Waals surface area contributed by atoms with Crippen LogP contribution in [-0.2, 0) is 0 Å². The van der Waals surface area contributed by atoms with E-state index in [-0.39, 0.29) is 0 Å². The summed E-state index contributed by atoms with van der Waals surface area (Å²) in [7, 11) is 0. The first-order valence-corrected chi connectivity index (χ1v) is 6.03. The van der Waals surface area contributed by atoms with Gasteiger partial charge in [-0.15, -0.1) is 6.42 Å². The van der Waals surface area contributed by atoms with Gasteiger partial charge in [0.15, 0.2) is 0 Å². The average molecular weight is 200 g/mol. The zero-order valence-corrected chi connectivity index (χ0v) is 9.63. The third-order valence-electron chi connectivity index (χ3n) is 4.03. The first kappa shape index (κ1) is 10.6. The Hall–Kier alpha value is -0.960. The molecule has 0 saturated heterocycles. The summed E-state index contributed by atoms with van der Waals surface area (Å²) in [5, 5.41) is 0. The van der Waals surface area contributed by atoms with Crippen molar-refractivity contribution < 1.29 is 0 Å². The molecule has 0 aromatic heterocycles. The Kier molecular flexibility index (Phi) is 3.00. The molecule has 0 bridgehead atoms. The number of terminal acetylenes is 1. The molecule has 2 aliphatic carbocycles. The number of allylic oxidation sites excluding steroid dienone is 3. The molecule has 2 aliphatic rings. The summed E-state index contributed by atoms with van der Waals surface area (Å²) < 4.78 is 0. The minimum Gasteiger partial charge on any atom is -0.119 e. The lowest BCUT2D eigenvalue weighted by Gasteiger charge is -2.35. The van der Waals surface area contributed by atoms with Crippen molar-refractivity contribution in [3.8, 4) is 12.3 Å². The van der Waals surface area contributed by atoms with Crippen LogP contribution in [0.5, 0.6) is 0 Å². The van der Waals surface area contributed by atoms with Crippen molar-refractivity contribution >= 4 is 0 Å². The molecule has 0 aromatic carbocycles. The lowest BCUT2D eigenvalue weighted by molar-refractivity contribution is 0.327. The molecule has 3 atom stereocenters. The first-order chi connectivity index (χ1) is 7.20. The van der Waals surface area contributed by atoms with Crippen LogP contribution in [0, 0.1) is 30.1 Å². The predicted molar refractivity (Wildman–Crippen MR) is 65.3 cm³/mol. The van der Waals surface area contributed by atoms with E-state index >= 15 is 0 Å². The zero-order valence-electron chi connectivity index (χ0n) is 9.63. The highest BCUT2D eigenvalue weighted by molar-refractivity contribution is 5.21. The van der Waals surface area contributed by atoms with Crippen molar-refractivity contribution in [2.75, 3.05) is 0 Å². The van der Waals surface area contributed by atoms with E-state index in [1.807, 2.05) is 0 Å². The van der Waals surface area contributed by atoms with E-state index in [0.717, 1.165) is 11.8 Å². The van der Waals surface area contributed by atoms with E-state index in [1.165, 1.54) is 37.7 Å². The van der Waals surface area contributed by atoms with Crippen molar-refractivity contribution in [2.45, 2.75) is 39.0 Å². The third-order valence-corrected chi connectivity index (χ3v) is 4.03. The number of fused-ring (bicyclic) bond motifs is 1. The van der Waals surface area contributed by atoms with E-state index in [0.29, 0.717) is 5.92 Å². The van der Waals surface area contributed by atoms with Gasteiger partial charge in [-0.05, 0) is 50.9 Å². The van der Waals surface area contributed by atoms with Crippen LogP contribution in [0.1, 0.15) is 39.0 Å². The molecule has 1 saturated carbocycles. The number of hydrogen-bond acceptors (Lipinski definition) is 0. The molecule has 15 heavy (non-hydrogen) atoms. The van der Waals surface area contributed by atoms with E-state index in [1.54, 1.807) is 5.57 Å². The second-order valence-corrected chi connectivity index (χ2v) is 5.11. The summed E-state index contributed by atoms with van der Waals surface area (Å²) in [5.74, 6) is 4.86. The van der Waals surface area contributed by atoms with Crippen molar-refractivity contribution in [2.24, 2.45) is 17.8 Å². The molecule has 0 spiro atoms. The largest absolute Gasteiger partial charge is 0.119 e. The van der Waals surface area contributed by atoms with Crippen LogP contribution in [-0.4, -0.2) is 0 Å². The Morgan fingerprint density at radius 3 is 2.93 bits per heavy atom. The predicted octanol–water partition coefficient (Wildman–Crippen LogP) is 3.95. The Labute approximate surface area is 93.5 Å². The van der Waals surface area contributed by atoms with Crippen molar-refractivity contribution in [3.63, 3.8) is 0 Å². The van der Waals surface area contributed by atoms with Crippen LogP contribution < -0.4 is 0 Å². The summed E-state index contributed by atoms with van der Waals surface area (Å²) in [6.07, 6.45) is 14.2. The topological polar surface area (TPSA) is 0 Å². The molecule has 2 rings (SSSR count). The van der Waals surface area contributed by atoms with Gasteiger partial charge in [0.1, 0.15) is 0 Å². The Bertz CT molecular complexity index is 326. The highest BCUT2D eigenvalue weighted by Crippen LogP contribution is 2.42. The molecule has 0 N–H and O–H groups in total. The van der Waals surface area contributed by atoms with E-state index in [4.69, 9.17) is 6.42 Å². The maximum absolute atomic E-state index is 5.49. The van der Waals surface area contributed by atoms with Gasteiger partial charge in [-0.2, -0.15) is 0 Å². The monoisotopic (exact) mass is 200 g/mol. The van der Waals surface area contributed by atoms with Gasteiger partial charge in [0.2, 0.25) is 0 Å². The minimum atomic E-state index is 0.414. The Morgan fingerprint density at radius 1 is 1.47 bits per heavy atom. The maximum atomic E-state index is 5.49. The summed E-state index contributed by atoms with van der Waals surface area (Å²) in [6.45, 7) is 6.27. The van der Waals surface area contributed by atoms with Gasteiger partial charge in [0.25, 0.3) is 0 Å². The quantitative estimate of drug-likeness (QED) is 0.444. The van der Waals surface area contributed by atoms with Gasteiger partial charge in [-0.3, -0.25) is 0 Å². The maximum Gasteiger partial charge on any atom is 0.0382 e. The molecule has 0 amide bonds. The summed E-state index contributed by atoms with van der Waals surface area (Å²) in [6, 6.07) is 0. The minimum absolute atomic E-state index is 0.414. The molecule has 2 unspecified atom stereocenters. The normalized spacial score (nSPS) is 34.9. The van der Waals surface area contributed by atoms with Gasteiger partial charge >= 0.3 is 0 Å². The lowest BCUT2D eigenvalue weighted by atomic mass is 9.70. The van der Waals surface area contributed by atoms with E-state index < -0.39 is 0 Å². The van der Waals surface area contributed by atoms with Crippen LogP contribution in [0.4, 0.5) is 0 Å². The highest BCUT2D eigenvalue weighted by Gasteiger charge is 2.29. The molecule has 0 radical (unpaired) electrons. The molecule has 0 nitrogen and oxygen atoms in total. The van der Waals surface area contributed by atoms with Crippen molar-refractivity contribution in [1.29, 1.82) is 0 Å². The molecule has 0 heterocycles. The Morgan fingerprint density at radius 2 is 2.27 bits per heavy atom. The Balaban J connectivity index is 2.07. The van der Waals surface area contributed by atoms with Gasteiger partial charge in [0.05, 0.1) is 0 Å². The van der Waals surface area contributed by atoms with Crippen LogP contribution in [0.25, 0.3) is 0 Å². The third kappa shape index (κ3) is 2.17. The van der Waals surface area contributed by atoms with Crippen molar-refractivity contribution in [1.82, 2.24) is 0 Å². The summed E-state index contributed by atoms with van der Waals surface area (Å²) in [5.41, 5.74) is 3.01. The fourth-order valence-corrected chi connectivity index (χ4v) is 2.98. The number of hydrogen-bond donors (Lipinski definition) is 0. The van der Waals surface area contributed by atoms with Crippen LogP contribution in [0.2, 0.25) is 0 Å². The molecular formula is C15H20. The SMILES string of the molecule is C#CC1C=C2CC[C@@H](C(=C)C)CC2CC1. The lowest BCUT2D eigenvalue weighted by Crippen LogP contribution is -2.22. The summed E-state index contributed by atoms with van der Waals surface area (Å²) >= 11 is 0. The zero-order chi connectivity index (χ0) is 10.8. The first-order valence-electron chi connectivity index (χ1n) is 6.03. The number of rotatable bonds is 1. The van der Waals surface area contributed by atoms with Crippen molar-refractivity contribution in [3.05, 3.63) is 23.8 Å². The fourth-order valence-electron chi connectivity index (χ4n) is 2.98. The van der Waals surface area contributed by atoms with Gasteiger partial charge < -0.3 is 0 Å². The van der Waals surface area contributed by atoms with Crippen LogP contribution in [0.3, 0.4) is 0 Å². The molecule has 0 heteroatoms. The molecule has 1 fully saturated rings. The van der Waals surface area contributed by atoms with Gasteiger partial charge in [-0.1, -0.05) is 29.7 Å². The van der Waals surface area contributed by atoms with Crippen LogP contribution >= 0.6 is 0 Å². The van der Waals surface area contributed by atoms with E-state index in [9.17, 15) is 0 Å². The average Bonchev–Trinajstić information content (AvgIpc) is 2.27. The second kappa shape index (κ2) is 4.27. The molecule has 0 aliphatic heterocycles. The smallest absolute Gasteiger partial charge is 0.0382 e. The molecular weight excluding hydrogens is 180 g/mol. The fraction of sp³-hybridized carbons (Fsp3) is 0.600.